The van der Waals surface area contributed by atoms with Gasteiger partial charge in [0.1, 0.15) is 16.9 Å². The molecule has 0 spiro atoms. The third-order valence-corrected chi connectivity index (χ3v) is 3.03. The molecule has 0 radical (unpaired) electrons. The minimum atomic E-state index is -0.691. The highest BCUT2D eigenvalue weighted by atomic mass is 16.3. The Morgan fingerprint density at radius 2 is 1.60 bits per heavy atom. The fraction of sp³-hybridized carbons (Fsp3) is 0. The molecule has 1 aromatic heterocycles. The number of H-pyrrole nitrogens is 1. The van der Waals surface area contributed by atoms with Crippen molar-refractivity contribution < 1.29 is 10.2 Å². The van der Waals surface area contributed by atoms with Crippen molar-refractivity contribution in [3.8, 4) is 17.2 Å². The molecular formula is C14H10N2O4. The summed E-state index contributed by atoms with van der Waals surface area (Å²) in [5, 5.41) is 19.6. The van der Waals surface area contributed by atoms with Gasteiger partial charge < -0.3 is 15.2 Å². The smallest absolute Gasteiger partial charge is 0.333 e. The molecule has 20 heavy (non-hydrogen) atoms. The standard InChI is InChI=1S/C14H10N2O4/c17-10-6-2-1-5-9(10)16-13(19)12-8(15-14(16)20)4-3-7-11(12)18/h1-7,17-18H,(H,15,20). The summed E-state index contributed by atoms with van der Waals surface area (Å²) >= 11 is 0. The van der Waals surface area contributed by atoms with Crippen LogP contribution in [0.1, 0.15) is 0 Å². The number of nitrogens with one attached hydrogen (secondary N) is 1. The second-order valence-electron chi connectivity index (χ2n) is 4.26. The number of hydrogen-bond donors (Lipinski definition) is 3. The van der Waals surface area contributed by atoms with Gasteiger partial charge in [-0.3, -0.25) is 4.79 Å². The number of aromatic nitrogens is 2. The Bertz CT molecular complexity index is 924. The molecule has 0 saturated heterocycles. The fourth-order valence-electron chi connectivity index (χ4n) is 2.12. The summed E-state index contributed by atoms with van der Waals surface area (Å²) in [4.78, 5) is 26.9. The van der Waals surface area contributed by atoms with Gasteiger partial charge in [0.2, 0.25) is 0 Å². The van der Waals surface area contributed by atoms with E-state index < -0.39 is 11.2 Å². The normalized spacial score (nSPS) is 10.8. The number of hydrogen-bond acceptors (Lipinski definition) is 4. The number of aromatic hydroxyl groups is 2. The van der Waals surface area contributed by atoms with Crippen LogP contribution in [0.3, 0.4) is 0 Å². The number of rotatable bonds is 1. The molecular weight excluding hydrogens is 260 g/mol. The zero-order valence-corrected chi connectivity index (χ0v) is 10.2. The summed E-state index contributed by atoms with van der Waals surface area (Å²) in [5.74, 6) is -0.428. The molecule has 3 rings (SSSR count). The van der Waals surface area contributed by atoms with Gasteiger partial charge in [-0.2, -0.15) is 0 Å². The van der Waals surface area contributed by atoms with Gasteiger partial charge in [-0.1, -0.05) is 18.2 Å². The zero-order chi connectivity index (χ0) is 14.3. The molecule has 0 atom stereocenters. The van der Waals surface area contributed by atoms with E-state index in [1.807, 2.05) is 0 Å². The van der Waals surface area contributed by atoms with E-state index in [1.165, 1.54) is 30.3 Å². The predicted molar refractivity (Wildman–Crippen MR) is 73.5 cm³/mol. The van der Waals surface area contributed by atoms with Gasteiger partial charge in [0, 0.05) is 0 Å². The maximum atomic E-state index is 12.4. The van der Waals surface area contributed by atoms with E-state index in [0.29, 0.717) is 0 Å². The molecule has 0 bridgehead atoms. The molecule has 0 unspecified atom stereocenters. The molecule has 0 saturated carbocycles. The van der Waals surface area contributed by atoms with Crippen molar-refractivity contribution in [2.75, 3.05) is 0 Å². The number of phenols is 2. The van der Waals surface area contributed by atoms with Crippen molar-refractivity contribution in [2.45, 2.75) is 0 Å². The molecule has 0 aliphatic rings. The monoisotopic (exact) mass is 270 g/mol. The highest BCUT2D eigenvalue weighted by Crippen LogP contribution is 2.21. The fourth-order valence-corrected chi connectivity index (χ4v) is 2.12. The molecule has 0 amide bonds. The number of phenolic OH excluding ortho intramolecular Hbond substituents is 2. The molecule has 0 aliphatic carbocycles. The lowest BCUT2D eigenvalue weighted by Crippen LogP contribution is -2.33. The molecule has 6 heteroatoms. The predicted octanol–water partition coefficient (Wildman–Crippen LogP) is 1.09. The van der Waals surface area contributed by atoms with Gasteiger partial charge in [-0.05, 0) is 24.3 Å². The molecule has 100 valence electrons. The van der Waals surface area contributed by atoms with E-state index in [9.17, 15) is 19.8 Å². The first-order chi connectivity index (χ1) is 9.59. The second-order valence-corrected chi connectivity index (χ2v) is 4.26. The van der Waals surface area contributed by atoms with Gasteiger partial charge in [-0.15, -0.1) is 0 Å². The maximum absolute atomic E-state index is 12.4. The lowest BCUT2D eigenvalue weighted by atomic mass is 10.2. The molecule has 6 nitrogen and oxygen atoms in total. The molecule has 2 aromatic carbocycles. The van der Waals surface area contributed by atoms with Gasteiger partial charge in [-0.25, -0.2) is 9.36 Å². The highest BCUT2D eigenvalue weighted by molar-refractivity contribution is 5.83. The van der Waals surface area contributed by atoms with Gasteiger partial charge >= 0.3 is 5.69 Å². The van der Waals surface area contributed by atoms with Crippen LogP contribution >= 0.6 is 0 Å². The van der Waals surface area contributed by atoms with Crippen LogP contribution in [-0.4, -0.2) is 19.8 Å². The number of benzene rings is 2. The average Bonchev–Trinajstić information content (AvgIpc) is 2.40. The summed E-state index contributed by atoms with van der Waals surface area (Å²) in [6.45, 7) is 0. The SMILES string of the molecule is O=c1[nH]c2cccc(O)c2c(=O)n1-c1ccccc1O. The minimum Gasteiger partial charge on any atom is -0.507 e. The topological polar surface area (TPSA) is 95.3 Å². The highest BCUT2D eigenvalue weighted by Gasteiger charge is 2.14. The maximum Gasteiger partial charge on any atom is 0.333 e. The van der Waals surface area contributed by atoms with Crippen LogP contribution in [-0.2, 0) is 0 Å². The summed E-state index contributed by atoms with van der Waals surface area (Å²) in [6, 6.07) is 10.4. The van der Waals surface area contributed by atoms with Crippen LogP contribution in [0.2, 0.25) is 0 Å². The Balaban J connectivity index is 2.50. The summed E-state index contributed by atoms with van der Waals surface area (Å²) < 4.78 is 0.789. The summed E-state index contributed by atoms with van der Waals surface area (Å²) in [6.07, 6.45) is 0. The van der Waals surface area contributed by atoms with E-state index in [4.69, 9.17) is 0 Å². The Morgan fingerprint density at radius 1 is 0.900 bits per heavy atom. The average molecular weight is 270 g/mol. The molecule has 1 heterocycles. The zero-order valence-electron chi connectivity index (χ0n) is 10.2. The third kappa shape index (κ3) is 1.66. The largest absolute Gasteiger partial charge is 0.507 e. The van der Waals surface area contributed by atoms with Crippen LogP contribution < -0.4 is 11.2 Å². The summed E-state index contributed by atoms with van der Waals surface area (Å²) in [5.41, 5.74) is -1.08. The number of aromatic amines is 1. The Hall–Kier alpha value is -3.02. The number of fused-ring (bicyclic) bond motifs is 1. The van der Waals surface area contributed by atoms with Crippen molar-refractivity contribution in [1.82, 2.24) is 9.55 Å². The number of para-hydroxylation sites is 2. The summed E-state index contributed by atoms with van der Waals surface area (Å²) in [7, 11) is 0. The first kappa shape index (κ1) is 12.0. The number of nitrogens with zero attached hydrogens (tertiary/aromatic N) is 1. The van der Waals surface area contributed by atoms with E-state index in [2.05, 4.69) is 4.98 Å². The van der Waals surface area contributed by atoms with Gasteiger partial charge in [0.05, 0.1) is 11.2 Å². The second kappa shape index (κ2) is 4.27. The van der Waals surface area contributed by atoms with Crippen molar-refractivity contribution in [3.05, 3.63) is 63.3 Å². The lowest BCUT2D eigenvalue weighted by Gasteiger charge is -2.08. The minimum absolute atomic E-state index is 0.00430. The van der Waals surface area contributed by atoms with E-state index in [-0.39, 0.29) is 28.1 Å². The van der Waals surface area contributed by atoms with Crippen LogP contribution in [0.4, 0.5) is 0 Å². The molecule has 0 fully saturated rings. The Morgan fingerprint density at radius 3 is 2.35 bits per heavy atom. The van der Waals surface area contributed by atoms with E-state index in [0.717, 1.165) is 4.57 Å². The van der Waals surface area contributed by atoms with Crippen LogP contribution in [0.5, 0.6) is 11.5 Å². The quantitative estimate of drug-likeness (QED) is 0.616. The van der Waals surface area contributed by atoms with Crippen molar-refractivity contribution >= 4 is 10.9 Å². The Labute approximate surface area is 112 Å². The van der Waals surface area contributed by atoms with Crippen molar-refractivity contribution in [1.29, 1.82) is 0 Å². The van der Waals surface area contributed by atoms with Crippen molar-refractivity contribution in [3.63, 3.8) is 0 Å². The molecule has 3 N–H and O–H groups in total. The Kier molecular flexibility index (Phi) is 2.57. The lowest BCUT2D eigenvalue weighted by molar-refractivity contribution is 0.470. The van der Waals surface area contributed by atoms with Gasteiger partial charge in [0.15, 0.2) is 0 Å². The molecule has 3 aromatic rings. The van der Waals surface area contributed by atoms with Gasteiger partial charge in [0.25, 0.3) is 5.56 Å². The van der Waals surface area contributed by atoms with E-state index >= 15 is 0 Å². The first-order valence-corrected chi connectivity index (χ1v) is 5.85. The van der Waals surface area contributed by atoms with Crippen LogP contribution in [0, 0.1) is 0 Å². The van der Waals surface area contributed by atoms with Crippen LogP contribution in [0.15, 0.2) is 52.1 Å². The van der Waals surface area contributed by atoms with Crippen LogP contribution in [0.25, 0.3) is 16.6 Å². The third-order valence-electron chi connectivity index (χ3n) is 3.03. The first-order valence-electron chi connectivity index (χ1n) is 5.85. The van der Waals surface area contributed by atoms with E-state index in [1.54, 1.807) is 12.1 Å². The molecule has 0 aliphatic heterocycles. The van der Waals surface area contributed by atoms with Crippen molar-refractivity contribution in [2.24, 2.45) is 0 Å².